The van der Waals surface area contributed by atoms with Gasteiger partial charge in [-0.3, -0.25) is 33.9 Å². The molecule has 0 aliphatic carbocycles. The molecule has 204 valence electrons. The number of anilines is 2. The number of likely N-dealkylation sites (N-methyl/N-ethyl adjacent to an activating group) is 1. The van der Waals surface area contributed by atoms with E-state index in [4.69, 9.17) is 6.57 Å². The highest BCUT2D eigenvalue weighted by Crippen LogP contribution is 2.47. The second-order valence-corrected chi connectivity index (χ2v) is 10.8. The molecule has 1 aromatic heterocycles. The summed E-state index contributed by atoms with van der Waals surface area (Å²) in [7, 11) is 1.42. The molecule has 4 amide bonds. The van der Waals surface area contributed by atoms with Crippen LogP contribution in [0.1, 0.15) is 32.3 Å². The van der Waals surface area contributed by atoms with Gasteiger partial charge in [0.1, 0.15) is 11.5 Å². The van der Waals surface area contributed by atoms with Crippen LogP contribution in [-0.4, -0.2) is 64.2 Å². The van der Waals surface area contributed by atoms with Crippen LogP contribution in [0, 0.1) is 12.5 Å². The smallest absolute Gasteiger partial charge is 0.313 e. The number of rotatable bonds is 5. The number of fused-ring (bicyclic) bond motifs is 3. The van der Waals surface area contributed by atoms with Crippen LogP contribution in [0.15, 0.2) is 60.8 Å². The van der Waals surface area contributed by atoms with Gasteiger partial charge in [0.25, 0.3) is 5.91 Å². The third-order valence-corrected chi connectivity index (χ3v) is 7.71. The third-order valence-electron chi connectivity index (χ3n) is 7.71. The van der Waals surface area contributed by atoms with Gasteiger partial charge in [-0.25, -0.2) is 6.57 Å². The average Bonchev–Trinajstić information content (AvgIpc) is 3.48. The Balaban J connectivity index is 1.37. The minimum atomic E-state index is -1.03. The number of hydrogen-bond acceptors (Lipinski definition) is 5. The van der Waals surface area contributed by atoms with Crippen molar-refractivity contribution in [1.29, 1.82) is 0 Å². The number of aromatic nitrogens is 1. The summed E-state index contributed by atoms with van der Waals surface area (Å²) < 4.78 is 0. The van der Waals surface area contributed by atoms with Crippen LogP contribution in [0.25, 0.3) is 15.7 Å². The van der Waals surface area contributed by atoms with Gasteiger partial charge in [-0.15, -0.1) is 0 Å². The van der Waals surface area contributed by atoms with Crippen molar-refractivity contribution >= 4 is 45.9 Å². The van der Waals surface area contributed by atoms with Gasteiger partial charge in [-0.1, -0.05) is 38.1 Å². The molecular formula is C30H30N6O4. The maximum Gasteiger partial charge on any atom is 0.313 e. The van der Waals surface area contributed by atoms with Crippen molar-refractivity contribution in [2.24, 2.45) is 5.92 Å². The number of amides is 4. The van der Waals surface area contributed by atoms with Gasteiger partial charge in [0.15, 0.2) is 0 Å². The maximum absolute atomic E-state index is 14.0. The summed E-state index contributed by atoms with van der Waals surface area (Å²) in [4.78, 5) is 63.9. The number of hydrogen-bond donors (Lipinski definition) is 2. The largest absolute Gasteiger partial charge is 0.325 e. The lowest BCUT2D eigenvalue weighted by Gasteiger charge is -2.31. The van der Waals surface area contributed by atoms with E-state index in [1.165, 1.54) is 11.9 Å². The molecule has 3 heterocycles. The lowest BCUT2D eigenvalue weighted by Crippen LogP contribution is -2.53. The second-order valence-electron chi connectivity index (χ2n) is 10.8. The lowest BCUT2D eigenvalue weighted by atomic mass is 9.80. The van der Waals surface area contributed by atoms with Gasteiger partial charge in [-0.05, 0) is 48.2 Å². The van der Waals surface area contributed by atoms with Crippen LogP contribution < -0.4 is 10.6 Å². The highest BCUT2D eigenvalue weighted by molar-refractivity contribution is 6.40. The zero-order valence-electron chi connectivity index (χ0n) is 22.5. The van der Waals surface area contributed by atoms with E-state index in [1.807, 2.05) is 38.1 Å². The van der Waals surface area contributed by atoms with E-state index in [-0.39, 0.29) is 31.2 Å². The van der Waals surface area contributed by atoms with Gasteiger partial charge in [-0.2, -0.15) is 0 Å². The van der Waals surface area contributed by atoms with E-state index in [9.17, 15) is 19.2 Å². The van der Waals surface area contributed by atoms with Crippen LogP contribution in [0.4, 0.5) is 11.4 Å². The third kappa shape index (κ3) is 4.64. The molecular weight excluding hydrogens is 508 g/mol. The van der Waals surface area contributed by atoms with Crippen molar-refractivity contribution in [3.05, 3.63) is 77.8 Å². The van der Waals surface area contributed by atoms with E-state index >= 15 is 0 Å². The fourth-order valence-electron chi connectivity index (χ4n) is 5.66. The number of pyridine rings is 1. The molecule has 0 bridgehead atoms. The fraction of sp³-hybridized carbons (Fsp3) is 0.333. The Morgan fingerprint density at radius 2 is 1.98 bits per heavy atom. The highest BCUT2D eigenvalue weighted by Gasteiger charge is 2.59. The van der Waals surface area contributed by atoms with Gasteiger partial charge in [0, 0.05) is 36.6 Å². The molecule has 3 atom stereocenters. The Morgan fingerprint density at radius 3 is 2.73 bits per heavy atom. The number of carbonyl (C=O) groups excluding carboxylic acids is 4. The van der Waals surface area contributed by atoms with E-state index in [2.05, 4.69) is 20.5 Å². The first kappa shape index (κ1) is 26.8. The Labute approximate surface area is 232 Å². The van der Waals surface area contributed by atoms with E-state index < -0.39 is 35.3 Å². The Bertz CT molecular complexity index is 1560. The van der Waals surface area contributed by atoms with E-state index in [1.54, 1.807) is 36.5 Å². The highest BCUT2D eigenvalue weighted by atomic mass is 16.2. The molecule has 2 N–H and O–H groups in total. The Morgan fingerprint density at radius 1 is 1.20 bits per heavy atom. The predicted molar refractivity (Wildman–Crippen MR) is 150 cm³/mol. The summed E-state index contributed by atoms with van der Waals surface area (Å²) in [6, 6.07) is 15.1. The van der Waals surface area contributed by atoms with Crippen molar-refractivity contribution in [3.8, 4) is 0 Å². The lowest BCUT2D eigenvalue weighted by molar-refractivity contribution is -0.149. The maximum atomic E-state index is 14.0. The summed E-state index contributed by atoms with van der Waals surface area (Å²) in [6.07, 6.45) is 1.24. The Hall–Kier alpha value is -4.78. The van der Waals surface area contributed by atoms with Crippen molar-refractivity contribution in [3.63, 3.8) is 0 Å². The second kappa shape index (κ2) is 10.4. The number of nitrogens with one attached hydrogen (secondary N) is 2. The molecule has 2 aromatic carbocycles. The van der Waals surface area contributed by atoms with Crippen LogP contribution in [0.3, 0.4) is 0 Å². The SMILES string of the molecule is [C-]#[N+][C@@H]1C[C@@]2(CN1C(=O)[C@H](CC(C)C)N(C)C(=O)C(=O)Nc1ccc3ncccc3c1)C(=O)Nc1ccccc12. The predicted octanol–water partition coefficient (Wildman–Crippen LogP) is 3.41. The zero-order valence-corrected chi connectivity index (χ0v) is 22.5. The number of nitrogens with zero attached hydrogens (tertiary/aromatic N) is 4. The zero-order chi connectivity index (χ0) is 28.6. The first-order valence-electron chi connectivity index (χ1n) is 13.2. The van der Waals surface area contributed by atoms with Gasteiger partial charge in [0.05, 0.1) is 11.9 Å². The molecule has 5 rings (SSSR count). The van der Waals surface area contributed by atoms with Gasteiger partial charge >= 0.3 is 18.0 Å². The van der Waals surface area contributed by atoms with Crippen LogP contribution in [-0.2, 0) is 24.6 Å². The van der Waals surface area contributed by atoms with Crippen molar-refractivity contribution in [1.82, 2.24) is 14.8 Å². The van der Waals surface area contributed by atoms with Gasteiger partial charge < -0.3 is 15.5 Å². The molecule has 1 spiro atoms. The minimum Gasteiger partial charge on any atom is -0.325 e. The number of benzene rings is 2. The molecule has 2 aliphatic rings. The molecule has 10 nitrogen and oxygen atoms in total. The van der Waals surface area contributed by atoms with Crippen LogP contribution >= 0.6 is 0 Å². The van der Waals surface area contributed by atoms with Crippen molar-refractivity contribution in [2.75, 3.05) is 24.2 Å². The first-order chi connectivity index (χ1) is 19.1. The monoisotopic (exact) mass is 538 g/mol. The molecule has 40 heavy (non-hydrogen) atoms. The molecule has 0 saturated carbocycles. The summed E-state index contributed by atoms with van der Waals surface area (Å²) in [5.41, 5.74) is 1.59. The van der Waals surface area contributed by atoms with Crippen LogP contribution in [0.5, 0.6) is 0 Å². The molecule has 1 saturated heterocycles. The molecule has 3 aromatic rings. The molecule has 2 aliphatic heterocycles. The summed E-state index contributed by atoms with van der Waals surface area (Å²) in [6.45, 7) is 11.7. The standard InChI is InChI=1S/C30H30N6O4/c1-18(2)14-24(35(4)28(39)26(37)33-20-11-12-22-19(15-20)8-7-13-32-22)27(38)36-17-30(16-25(36)31-3)21-9-5-6-10-23(21)34-29(30)40/h5-13,15,18,24-25H,14,16-17H2,1-2,4H3,(H,33,37)(H,34,40)/t24-,25-,30-/m0/s1. The first-order valence-corrected chi connectivity index (χ1v) is 13.2. The summed E-state index contributed by atoms with van der Waals surface area (Å²) in [5.74, 6) is -2.44. The Kier molecular flexibility index (Phi) is 6.98. The van der Waals surface area contributed by atoms with E-state index in [0.717, 1.165) is 21.4 Å². The molecule has 0 unspecified atom stereocenters. The summed E-state index contributed by atoms with van der Waals surface area (Å²) in [5, 5.41) is 6.31. The number of carbonyl (C=O) groups is 4. The topological polar surface area (TPSA) is 116 Å². The molecule has 0 radical (unpaired) electrons. The van der Waals surface area contributed by atoms with Crippen LogP contribution in [0.2, 0.25) is 0 Å². The average molecular weight is 539 g/mol. The number of para-hydroxylation sites is 1. The minimum absolute atomic E-state index is 0.0127. The van der Waals surface area contributed by atoms with Crippen molar-refractivity contribution < 1.29 is 19.2 Å². The number of likely N-dealkylation sites (tertiary alicyclic amines) is 1. The fourth-order valence-corrected chi connectivity index (χ4v) is 5.66. The normalized spacial score (nSPS) is 20.2. The van der Waals surface area contributed by atoms with Crippen molar-refractivity contribution in [2.45, 2.75) is 44.3 Å². The molecule has 10 heteroatoms. The van der Waals surface area contributed by atoms with Gasteiger partial charge in [0.2, 0.25) is 5.91 Å². The molecule has 1 fully saturated rings. The quantitative estimate of drug-likeness (QED) is 0.382. The van der Waals surface area contributed by atoms with E-state index in [0.29, 0.717) is 11.4 Å². The summed E-state index contributed by atoms with van der Waals surface area (Å²) >= 11 is 0.